The number of hydrogen-bond acceptors (Lipinski definition) is 3. The summed E-state index contributed by atoms with van der Waals surface area (Å²) in [7, 11) is 0. The van der Waals surface area contributed by atoms with Gasteiger partial charge in [0.25, 0.3) is 5.91 Å². The highest BCUT2D eigenvalue weighted by Crippen LogP contribution is 2.05. The third-order valence-electron chi connectivity index (χ3n) is 2.19. The molecule has 0 unspecified atom stereocenters. The van der Waals surface area contributed by atoms with Crippen molar-refractivity contribution in [2.24, 2.45) is 0 Å². The van der Waals surface area contributed by atoms with Crippen LogP contribution >= 0.6 is 11.3 Å². The SMILES string of the molecule is Cc1cccc(C(=O)NCc2cscn2)c1. The zero-order chi connectivity index (χ0) is 11.4. The summed E-state index contributed by atoms with van der Waals surface area (Å²) in [6.45, 7) is 2.45. The number of thiazole rings is 1. The van der Waals surface area contributed by atoms with Gasteiger partial charge in [0, 0.05) is 10.9 Å². The van der Waals surface area contributed by atoms with Crippen molar-refractivity contribution in [2.75, 3.05) is 0 Å². The number of aryl methyl sites for hydroxylation is 1. The van der Waals surface area contributed by atoms with Gasteiger partial charge in [-0.3, -0.25) is 4.79 Å². The van der Waals surface area contributed by atoms with Crippen LogP contribution in [0.25, 0.3) is 0 Å². The van der Waals surface area contributed by atoms with Crippen LogP contribution in [0.2, 0.25) is 0 Å². The molecule has 1 aromatic heterocycles. The van der Waals surface area contributed by atoms with Crippen LogP contribution in [0.3, 0.4) is 0 Å². The molecule has 82 valence electrons. The fraction of sp³-hybridized carbons (Fsp3) is 0.167. The van der Waals surface area contributed by atoms with E-state index in [-0.39, 0.29) is 5.91 Å². The Bertz CT molecular complexity index is 480. The number of amides is 1. The minimum absolute atomic E-state index is 0.0586. The van der Waals surface area contributed by atoms with Crippen molar-refractivity contribution in [1.82, 2.24) is 10.3 Å². The highest BCUT2D eigenvalue weighted by atomic mass is 32.1. The lowest BCUT2D eigenvalue weighted by atomic mass is 10.1. The summed E-state index contributed by atoms with van der Waals surface area (Å²) in [5.74, 6) is -0.0586. The van der Waals surface area contributed by atoms with E-state index in [0.29, 0.717) is 12.1 Å². The molecule has 0 aliphatic heterocycles. The van der Waals surface area contributed by atoms with Crippen LogP contribution in [0.15, 0.2) is 35.2 Å². The maximum Gasteiger partial charge on any atom is 0.251 e. The monoisotopic (exact) mass is 232 g/mol. The Morgan fingerprint density at radius 2 is 2.38 bits per heavy atom. The van der Waals surface area contributed by atoms with E-state index in [0.717, 1.165) is 11.3 Å². The van der Waals surface area contributed by atoms with E-state index in [1.807, 2.05) is 36.6 Å². The van der Waals surface area contributed by atoms with Crippen LogP contribution in [0.1, 0.15) is 21.6 Å². The molecule has 16 heavy (non-hydrogen) atoms. The van der Waals surface area contributed by atoms with Gasteiger partial charge in [0.1, 0.15) is 0 Å². The summed E-state index contributed by atoms with van der Waals surface area (Å²) >= 11 is 1.53. The summed E-state index contributed by atoms with van der Waals surface area (Å²) in [4.78, 5) is 15.9. The van der Waals surface area contributed by atoms with Crippen LogP contribution in [0.5, 0.6) is 0 Å². The second-order valence-corrected chi connectivity index (χ2v) is 4.25. The van der Waals surface area contributed by atoms with Crippen LogP contribution in [0.4, 0.5) is 0 Å². The van der Waals surface area contributed by atoms with Crippen LogP contribution in [0, 0.1) is 6.92 Å². The first-order valence-corrected chi connectivity index (χ1v) is 5.92. The molecule has 0 spiro atoms. The Kier molecular flexibility index (Phi) is 3.31. The summed E-state index contributed by atoms with van der Waals surface area (Å²) < 4.78 is 0. The molecular weight excluding hydrogens is 220 g/mol. The zero-order valence-electron chi connectivity index (χ0n) is 8.93. The van der Waals surface area contributed by atoms with Gasteiger partial charge >= 0.3 is 0 Å². The summed E-state index contributed by atoms with van der Waals surface area (Å²) in [6, 6.07) is 7.53. The lowest BCUT2D eigenvalue weighted by Crippen LogP contribution is -2.22. The first kappa shape index (κ1) is 10.8. The van der Waals surface area contributed by atoms with Gasteiger partial charge in [-0.25, -0.2) is 4.98 Å². The Morgan fingerprint density at radius 3 is 3.06 bits per heavy atom. The molecule has 3 nitrogen and oxygen atoms in total. The van der Waals surface area contributed by atoms with E-state index in [9.17, 15) is 4.79 Å². The predicted molar refractivity (Wildman–Crippen MR) is 64.5 cm³/mol. The van der Waals surface area contributed by atoms with Crippen molar-refractivity contribution in [3.63, 3.8) is 0 Å². The minimum Gasteiger partial charge on any atom is -0.346 e. The second kappa shape index (κ2) is 4.90. The van der Waals surface area contributed by atoms with Gasteiger partial charge in [-0.15, -0.1) is 11.3 Å². The maximum absolute atomic E-state index is 11.8. The van der Waals surface area contributed by atoms with Gasteiger partial charge in [0.2, 0.25) is 0 Å². The van der Waals surface area contributed by atoms with Crippen LogP contribution < -0.4 is 5.32 Å². The molecule has 4 heteroatoms. The Labute approximate surface area is 98.2 Å². The third kappa shape index (κ3) is 2.67. The molecule has 1 N–H and O–H groups in total. The molecule has 0 saturated carbocycles. The standard InChI is InChI=1S/C12H12N2OS/c1-9-3-2-4-10(5-9)12(15)13-6-11-7-16-8-14-11/h2-5,7-8H,6H2,1H3,(H,13,15). The molecule has 2 rings (SSSR count). The summed E-state index contributed by atoms with van der Waals surface area (Å²) in [5.41, 5.74) is 4.43. The first-order chi connectivity index (χ1) is 7.75. The molecule has 0 fully saturated rings. The van der Waals surface area contributed by atoms with Crippen molar-refractivity contribution < 1.29 is 4.79 Å². The van der Waals surface area contributed by atoms with Crippen molar-refractivity contribution in [3.05, 3.63) is 52.0 Å². The average molecular weight is 232 g/mol. The summed E-state index contributed by atoms with van der Waals surface area (Å²) in [5, 5.41) is 4.76. The first-order valence-electron chi connectivity index (χ1n) is 4.97. The third-order valence-corrected chi connectivity index (χ3v) is 2.83. The van der Waals surface area contributed by atoms with Crippen molar-refractivity contribution in [3.8, 4) is 0 Å². The molecule has 1 aromatic carbocycles. The quantitative estimate of drug-likeness (QED) is 0.882. The number of rotatable bonds is 3. The van der Waals surface area contributed by atoms with Gasteiger partial charge in [-0.2, -0.15) is 0 Å². The lowest BCUT2D eigenvalue weighted by Gasteiger charge is -2.03. The largest absolute Gasteiger partial charge is 0.346 e. The van der Waals surface area contributed by atoms with E-state index in [1.54, 1.807) is 5.51 Å². The molecule has 0 aliphatic rings. The molecule has 1 heterocycles. The van der Waals surface area contributed by atoms with Crippen LogP contribution in [-0.4, -0.2) is 10.9 Å². The number of nitrogens with zero attached hydrogens (tertiary/aromatic N) is 1. The molecular formula is C12H12N2OS. The Hall–Kier alpha value is -1.68. The minimum atomic E-state index is -0.0586. The van der Waals surface area contributed by atoms with E-state index >= 15 is 0 Å². The normalized spacial score (nSPS) is 10.1. The van der Waals surface area contributed by atoms with Gasteiger partial charge in [-0.05, 0) is 19.1 Å². The number of hydrogen-bond donors (Lipinski definition) is 1. The van der Waals surface area contributed by atoms with Crippen molar-refractivity contribution >= 4 is 17.2 Å². The molecule has 2 aromatic rings. The number of carbonyl (C=O) groups is 1. The predicted octanol–water partition coefficient (Wildman–Crippen LogP) is 2.38. The van der Waals surface area contributed by atoms with E-state index in [2.05, 4.69) is 10.3 Å². The average Bonchev–Trinajstić information content (AvgIpc) is 2.78. The topological polar surface area (TPSA) is 42.0 Å². The maximum atomic E-state index is 11.8. The van der Waals surface area contributed by atoms with Gasteiger partial charge < -0.3 is 5.32 Å². The smallest absolute Gasteiger partial charge is 0.251 e. The Morgan fingerprint density at radius 1 is 1.50 bits per heavy atom. The highest BCUT2D eigenvalue weighted by molar-refractivity contribution is 7.07. The molecule has 0 atom stereocenters. The van der Waals surface area contributed by atoms with Crippen molar-refractivity contribution in [1.29, 1.82) is 0 Å². The second-order valence-electron chi connectivity index (χ2n) is 3.53. The molecule has 0 radical (unpaired) electrons. The summed E-state index contributed by atoms with van der Waals surface area (Å²) in [6.07, 6.45) is 0. The fourth-order valence-electron chi connectivity index (χ4n) is 1.38. The highest BCUT2D eigenvalue weighted by Gasteiger charge is 2.05. The van der Waals surface area contributed by atoms with Crippen molar-refractivity contribution in [2.45, 2.75) is 13.5 Å². The van der Waals surface area contributed by atoms with E-state index in [1.165, 1.54) is 11.3 Å². The zero-order valence-corrected chi connectivity index (χ0v) is 9.75. The number of nitrogens with one attached hydrogen (secondary N) is 1. The van der Waals surface area contributed by atoms with Crippen LogP contribution in [-0.2, 0) is 6.54 Å². The Balaban J connectivity index is 1.98. The van der Waals surface area contributed by atoms with E-state index < -0.39 is 0 Å². The van der Waals surface area contributed by atoms with Gasteiger partial charge in [0.05, 0.1) is 17.7 Å². The number of benzene rings is 1. The lowest BCUT2D eigenvalue weighted by molar-refractivity contribution is 0.0950. The molecule has 0 aliphatic carbocycles. The number of carbonyl (C=O) groups excluding carboxylic acids is 1. The number of aromatic nitrogens is 1. The van der Waals surface area contributed by atoms with E-state index in [4.69, 9.17) is 0 Å². The fourth-order valence-corrected chi connectivity index (χ4v) is 1.94. The molecule has 1 amide bonds. The van der Waals surface area contributed by atoms with Gasteiger partial charge in [0.15, 0.2) is 0 Å². The van der Waals surface area contributed by atoms with Gasteiger partial charge in [-0.1, -0.05) is 17.7 Å². The molecule has 0 saturated heterocycles. The molecule has 0 bridgehead atoms.